The molecule has 0 unspecified atom stereocenters. The highest BCUT2D eigenvalue weighted by atomic mass is 16.6. The predicted octanol–water partition coefficient (Wildman–Crippen LogP) is 2.50. The summed E-state index contributed by atoms with van der Waals surface area (Å²) < 4.78 is 5.36. The van der Waals surface area contributed by atoms with Gasteiger partial charge in [0.05, 0.1) is 19.4 Å². The number of morpholine rings is 1. The Bertz CT molecular complexity index is 751. The number of aryl methyl sites for hydroxylation is 1. The van der Waals surface area contributed by atoms with Crippen molar-refractivity contribution in [1.29, 1.82) is 0 Å². The molecule has 3 rings (SSSR count). The molecule has 2 aromatic rings. The van der Waals surface area contributed by atoms with Crippen LogP contribution in [0.25, 0.3) is 0 Å². The van der Waals surface area contributed by atoms with Crippen molar-refractivity contribution in [3.8, 4) is 0 Å². The fraction of sp³-hybridized carbons (Fsp3) is 0.333. The minimum absolute atomic E-state index is 0.103. The number of ether oxygens (including phenoxy) is 1. The van der Waals surface area contributed by atoms with Gasteiger partial charge in [-0.15, -0.1) is 0 Å². The van der Waals surface area contributed by atoms with Crippen molar-refractivity contribution in [3.63, 3.8) is 0 Å². The molecule has 1 heterocycles. The van der Waals surface area contributed by atoms with Crippen molar-refractivity contribution in [2.75, 3.05) is 37.8 Å². The molecule has 1 aliphatic heterocycles. The minimum atomic E-state index is -0.199. The lowest BCUT2D eigenvalue weighted by molar-refractivity contribution is -0.125. The van der Waals surface area contributed by atoms with Gasteiger partial charge in [0, 0.05) is 25.3 Å². The predicted molar refractivity (Wildman–Crippen MR) is 106 cm³/mol. The molecule has 0 aliphatic carbocycles. The van der Waals surface area contributed by atoms with Crippen LogP contribution in [0.2, 0.25) is 0 Å². The first-order valence-electron chi connectivity index (χ1n) is 9.11. The van der Waals surface area contributed by atoms with Gasteiger partial charge in [-0.3, -0.25) is 4.79 Å². The van der Waals surface area contributed by atoms with Crippen LogP contribution in [0.5, 0.6) is 0 Å². The van der Waals surface area contributed by atoms with Gasteiger partial charge in [-0.05, 0) is 30.2 Å². The van der Waals surface area contributed by atoms with Crippen LogP contribution in [0.3, 0.4) is 0 Å². The molecule has 0 bridgehead atoms. The molecule has 27 heavy (non-hydrogen) atoms. The van der Waals surface area contributed by atoms with Crippen LogP contribution >= 0.6 is 0 Å². The summed E-state index contributed by atoms with van der Waals surface area (Å²) in [6.45, 7) is 5.77. The number of nitrogens with zero attached hydrogens (tertiary/aromatic N) is 2. The Morgan fingerprint density at radius 1 is 1.15 bits per heavy atom. The van der Waals surface area contributed by atoms with Gasteiger partial charge < -0.3 is 19.8 Å². The molecular formula is C21H25N3O3. The summed E-state index contributed by atoms with van der Waals surface area (Å²) >= 11 is 0. The molecule has 0 saturated carbocycles. The largest absolute Gasteiger partial charge is 0.386 e. The highest BCUT2D eigenvalue weighted by Crippen LogP contribution is 2.16. The number of rotatable bonds is 7. The van der Waals surface area contributed by atoms with E-state index in [-0.39, 0.29) is 12.5 Å². The van der Waals surface area contributed by atoms with Gasteiger partial charge in [-0.1, -0.05) is 47.1 Å². The topological polar surface area (TPSA) is 63.2 Å². The number of nitrogens with one attached hydrogen (secondary N) is 1. The molecule has 6 heteroatoms. The molecule has 1 fully saturated rings. The number of anilines is 1. The van der Waals surface area contributed by atoms with Crippen LogP contribution in [0.4, 0.5) is 5.69 Å². The lowest BCUT2D eigenvalue weighted by atomic mass is 10.1. The van der Waals surface area contributed by atoms with Crippen molar-refractivity contribution < 1.29 is 14.4 Å². The van der Waals surface area contributed by atoms with Gasteiger partial charge in [-0.25, -0.2) is 0 Å². The third-order valence-electron chi connectivity index (χ3n) is 4.35. The first kappa shape index (κ1) is 18.9. The van der Waals surface area contributed by atoms with Gasteiger partial charge in [0.1, 0.15) is 0 Å². The monoisotopic (exact) mass is 367 g/mol. The number of amides is 1. The van der Waals surface area contributed by atoms with Crippen molar-refractivity contribution in [1.82, 2.24) is 5.32 Å². The van der Waals surface area contributed by atoms with Crippen LogP contribution in [0.1, 0.15) is 16.7 Å². The van der Waals surface area contributed by atoms with Crippen LogP contribution < -0.4 is 10.2 Å². The molecule has 1 amide bonds. The SMILES string of the molecule is Cc1ccc(CNC(=O)CON=Cc2ccc(N3CCOCC3)cc2)cc1. The highest BCUT2D eigenvalue weighted by Gasteiger charge is 2.10. The molecule has 142 valence electrons. The van der Waals surface area contributed by atoms with Gasteiger partial charge in [0.2, 0.25) is 0 Å². The summed E-state index contributed by atoms with van der Waals surface area (Å²) in [6.07, 6.45) is 1.61. The number of hydrogen-bond donors (Lipinski definition) is 1. The third kappa shape index (κ3) is 6.11. The smallest absolute Gasteiger partial charge is 0.261 e. The molecule has 1 N–H and O–H groups in total. The van der Waals surface area contributed by atoms with E-state index in [9.17, 15) is 4.79 Å². The van der Waals surface area contributed by atoms with Crippen molar-refractivity contribution in [2.45, 2.75) is 13.5 Å². The summed E-state index contributed by atoms with van der Waals surface area (Å²) in [4.78, 5) is 19.2. The standard InChI is InChI=1S/C21H25N3O3/c1-17-2-4-18(5-3-17)14-22-21(25)16-27-23-15-19-6-8-20(9-7-19)24-10-12-26-13-11-24/h2-9,15H,10-14,16H2,1H3,(H,22,25). The van der Waals surface area contributed by atoms with E-state index in [1.54, 1.807) is 6.21 Å². The second kappa shape index (κ2) is 9.73. The first-order valence-corrected chi connectivity index (χ1v) is 9.11. The summed E-state index contributed by atoms with van der Waals surface area (Å²) in [6, 6.07) is 16.1. The molecule has 1 aliphatic rings. The number of hydrogen-bond acceptors (Lipinski definition) is 5. The Morgan fingerprint density at radius 3 is 2.56 bits per heavy atom. The zero-order valence-corrected chi connectivity index (χ0v) is 15.6. The third-order valence-corrected chi connectivity index (χ3v) is 4.35. The molecule has 1 saturated heterocycles. The average molecular weight is 367 g/mol. The van der Waals surface area contributed by atoms with Crippen molar-refractivity contribution in [2.24, 2.45) is 5.16 Å². The Balaban J connectivity index is 1.38. The summed E-state index contributed by atoms with van der Waals surface area (Å²) in [7, 11) is 0. The molecular weight excluding hydrogens is 342 g/mol. The minimum Gasteiger partial charge on any atom is -0.386 e. The summed E-state index contributed by atoms with van der Waals surface area (Å²) in [5.74, 6) is -0.199. The molecule has 6 nitrogen and oxygen atoms in total. The molecule has 0 atom stereocenters. The second-order valence-electron chi connectivity index (χ2n) is 6.46. The summed E-state index contributed by atoms with van der Waals surface area (Å²) in [5.41, 5.74) is 4.34. The van der Waals surface area contributed by atoms with Gasteiger partial charge >= 0.3 is 0 Å². The van der Waals surface area contributed by atoms with Crippen LogP contribution in [0, 0.1) is 6.92 Å². The Morgan fingerprint density at radius 2 is 1.85 bits per heavy atom. The fourth-order valence-corrected chi connectivity index (χ4v) is 2.74. The fourth-order valence-electron chi connectivity index (χ4n) is 2.74. The first-order chi connectivity index (χ1) is 13.2. The zero-order valence-electron chi connectivity index (χ0n) is 15.6. The molecule has 0 spiro atoms. The average Bonchev–Trinajstić information content (AvgIpc) is 2.72. The van der Waals surface area contributed by atoms with E-state index in [0.29, 0.717) is 6.54 Å². The number of carbonyl (C=O) groups is 1. The molecule has 0 aromatic heterocycles. The maximum atomic E-state index is 11.8. The quantitative estimate of drug-likeness (QED) is 0.603. The van der Waals surface area contributed by atoms with Crippen LogP contribution in [-0.2, 0) is 20.9 Å². The Hall–Kier alpha value is -2.86. The lowest BCUT2D eigenvalue weighted by Crippen LogP contribution is -2.36. The van der Waals surface area contributed by atoms with E-state index in [2.05, 4.69) is 27.5 Å². The van der Waals surface area contributed by atoms with Gasteiger partial charge in [0.15, 0.2) is 6.61 Å². The highest BCUT2D eigenvalue weighted by molar-refractivity contribution is 5.80. The number of benzene rings is 2. The van der Waals surface area contributed by atoms with E-state index in [1.165, 1.54) is 11.3 Å². The maximum absolute atomic E-state index is 11.8. The van der Waals surface area contributed by atoms with Crippen LogP contribution in [-0.4, -0.2) is 45.0 Å². The van der Waals surface area contributed by atoms with Crippen molar-refractivity contribution in [3.05, 3.63) is 65.2 Å². The number of carbonyl (C=O) groups excluding carboxylic acids is 1. The summed E-state index contributed by atoms with van der Waals surface area (Å²) in [5, 5.41) is 6.68. The van der Waals surface area contributed by atoms with E-state index in [4.69, 9.17) is 9.57 Å². The van der Waals surface area contributed by atoms with Crippen molar-refractivity contribution >= 4 is 17.8 Å². The van der Waals surface area contributed by atoms with E-state index in [1.807, 2.05) is 43.3 Å². The Kier molecular flexibility index (Phi) is 6.82. The van der Waals surface area contributed by atoms with Crippen LogP contribution in [0.15, 0.2) is 53.7 Å². The van der Waals surface area contributed by atoms with E-state index >= 15 is 0 Å². The number of oxime groups is 1. The zero-order chi connectivity index (χ0) is 18.9. The van der Waals surface area contributed by atoms with Gasteiger partial charge in [-0.2, -0.15) is 0 Å². The van der Waals surface area contributed by atoms with E-state index in [0.717, 1.165) is 37.4 Å². The second-order valence-corrected chi connectivity index (χ2v) is 6.46. The molecule has 2 aromatic carbocycles. The molecule has 0 radical (unpaired) electrons. The van der Waals surface area contributed by atoms with Gasteiger partial charge in [0.25, 0.3) is 5.91 Å². The lowest BCUT2D eigenvalue weighted by Gasteiger charge is -2.28. The van der Waals surface area contributed by atoms with E-state index < -0.39 is 0 Å². The Labute approximate surface area is 159 Å². The normalized spacial score (nSPS) is 14.3. The maximum Gasteiger partial charge on any atom is 0.261 e.